The fraction of sp³-hybridized carbons (Fsp3) is 0. The van der Waals surface area contributed by atoms with Gasteiger partial charge in [-0.3, -0.25) is 0 Å². The molecule has 19 aromatic rings. The fourth-order valence-electron chi connectivity index (χ4n) is 15.7. The van der Waals surface area contributed by atoms with Crippen LogP contribution in [0.2, 0.25) is 0 Å². The first-order valence-electron chi connectivity index (χ1n) is 29.0. The maximum atomic E-state index is 6.65. The van der Waals surface area contributed by atoms with Crippen LogP contribution in [0.25, 0.3) is 186 Å². The minimum atomic E-state index is -0.150. The van der Waals surface area contributed by atoms with Crippen molar-refractivity contribution in [1.29, 1.82) is 0 Å². The molecule has 5 aromatic heterocycles. The molecule has 7 heterocycles. The third kappa shape index (κ3) is 5.51. The molecule has 84 heavy (non-hydrogen) atoms. The summed E-state index contributed by atoms with van der Waals surface area (Å²) in [6.45, 7) is -0.150. The largest absolute Gasteiger partial charge is 0.456 e. The summed E-state index contributed by atoms with van der Waals surface area (Å²) in [4.78, 5) is 0. The van der Waals surface area contributed by atoms with Gasteiger partial charge in [-0.25, -0.2) is 0 Å². The highest BCUT2D eigenvalue weighted by Crippen LogP contribution is 2.47. The second-order valence-corrected chi connectivity index (χ2v) is 23.4. The number of furan rings is 3. The smallest absolute Gasteiger partial charge is 0.253 e. The first kappa shape index (κ1) is 43.7. The summed E-state index contributed by atoms with van der Waals surface area (Å²) < 4.78 is 24.8. The monoisotopic (exact) mass is 1060 g/mol. The SMILES string of the molecule is c1cc2c3c(c1)-n1c4ccc(-c5ccc6c(c5)oc5ccccc56)cc4c4cc5c6ccccc6c6ccccc6c5c(c41)B3c1cc(-c3ccc4c(c3)oc3ccccc34)cc3c4cc(-c5ccc6c(c5)oc5ccccc56)ccc4n-2c13. The van der Waals surface area contributed by atoms with Crippen molar-refractivity contribution in [3.8, 4) is 44.8 Å². The zero-order valence-corrected chi connectivity index (χ0v) is 44.9. The van der Waals surface area contributed by atoms with E-state index in [1.807, 2.05) is 12.1 Å². The first-order chi connectivity index (χ1) is 41.6. The van der Waals surface area contributed by atoms with Crippen LogP contribution in [0, 0.1) is 0 Å². The number of aromatic nitrogens is 2. The molecule has 0 radical (unpaired) electrons. The Morgan fingerprint density at radius 3 is 1.17 bits per heavy atom. The van der Waals surface area contributed by atoms with E-state index in [9.17, 15) is 0 Å². The Balaban J connectivity index is 0.892. The first-order valence-corrected chi connectivity index (χ1v) is 29.0. The quantitative estimate of drug-likeness (QED) is 0.131. The van der Waals surface area contributed by atoms with E-state index in [2.05, 4.69) is 246 Å². The predicted octanol–water partition coefficient (Wildman–Crippen LogP) is 19.2. The minimum absolute atomic E-state index is 0.150. The molecule has 384 valence electrons. The lowest BCUT2D eigenvalue weighted by molar-refractivity contribution is 0.668. The molecule has 0 amide bonds. The molecule has 0 aliphatic carbocycles. The average molecular weight is 1070 g/mol. The van der Waals surface area contributed by atoms with Crippen LogP contribution < -0.4 is 16.4 Å². The second kappa shape index (κ2) is 15.5. The molecule has 0 spiro atoms. The van der Waals surface area contributed by atoms with E-state index in [0.29, 0.717) is 0 Å². The number of hydrogen-bond acceptors (Lipinski definition) is 3. The molecular weight excluding hydrogens is 1020 g/mol. The van der Waals surface area contributed by atoms with Crippen molar-refractivity contribution < 1.29 is 13.3 Å². The molecule has 0 saturated heterocycles. The maximum Gasteiger partial charge on any atom is 0.253 e. The summed E-state index contributed by atoms with van der Waals surface area (Å²) in [5.41, 5.74) is 23.4. The van der Waals surface area contributed by atoms with E-state index in [4.69, 9.17) is 13.3 Å². The van der Waals surface area contributed by atoms with E-state index < -0.39 is 0 Å². The summed E-state index contributed by atoms with van der Waals surface area (Å²) in [6, 6.07) is 92.2. The van der Waals surface area contributed by atoms with Crippen LogP contribution in [0.1, 0.15) is 0 Å². The van der Waals surface area contributed by atoms with Gasteiger partial charge in [0.25, 0.3) is 6.71 Å². The number of hydrogen-bond donors (Lipinski definition) is 0. The van der Waals surface area contributed by atoms with Gasteiger partial charge in [0.1, 0.15) is 33.5 Å². The molecule has 5 nitrogen and oxygen atoms in total. The van der Waals surface area contributed by atoms with Crippen LogP contribution in [0.15, 0.2) is 262 Å². The van der Waals surface area contributed by atoms with Gasteiger partial charge < -0.3 is 22.4 Å². The lowest BCUT2D eigenvalue weighted by Gasteiger charge is -2.35. The maximum absolute atomic E-state index is 6.65. The summed E-state index contributed by atoms with van der Waals surface area (Å²) >= 11 is 0. The van der Waals surface area contributed by atoms with E-state index >= 15 is 0 Å². The Bertz CT molecular complexity index is 6260. The predicted molar refractivity (Wildman–Crippen MR) is 350 cm³/mol. The molecule has 14 aromatic carbocycles. The van der Waals surface area contributed by atoms with Gasteiger partial charge in [0, 0.05) is 70.8 Å². The number of benzene rings is 14. The molecule has 2 aliphatic rings. The van der Waals surface area contributed by atoms with Crippen LogP contribution in [-0.2, 0) is 0 Å². The Hall–Kier alpha value is -11.1. The molecule has 0 atom stereocenters. The Labute approximate surface area is 478 Å². The van der Waals surface area contributed by atoms with E-state index in [0.717, 1.165) is 99.2 Å². The zero-order valence-electron chi connectivity index (χ0n) is 44.9. The van der Waals surface area contributed by atoms with Crippen LogP contribution in [0.4, 0.5) is 0 Å². The lowest BCUT2D eigenvalue weighted by Crippen LogP contribution is -2.59. The van der Waals surface area contributed by atoms with Crippen molar-refractivity contribution in [3.05, 3.63) is 249 Å². The van der Waals surface area contributed by atoms with Crippen molar-refractivity contribution in [2.24, 2.45) is 0 Å². The van der Waals surface area contributed by atoms with Gasteiger partial charge in [-0.1, -0.05) is 146 Å². The fourth-order valence-corrected chi connectivity index (χ4v) is 15.7. The average Bonchev–Trinajstić information content (AvgIpc) is 1.52. The van der Waals surface area contributed by atoms with Crippen LogP contribution in [0.5, 0.6) is 0 Å². The highest BCUT2D eigenvalue weighted by molar-refractivity contribution is 7.02. The van der Waals surface area contributed by atoms with E-state index in [-0.39, 0.29) is 6.71 Å². The number of nitrogens with zero attached hydrogens (tertiary/aromatic N) is 2. The van der Waals surface area contributed by atoms with Crippen LogP contribution in [-0.4, -0.2) is 15.8 Å². The molecule has 0 saturated carbocycles. The van der Waals surface area contributed by atoms with Gasteiger partial charge in [0.15, 0.2) is 0 Å². The van der Waals surface area contributed by atoms with Gasteiger partial charge in [-0.15, -0.1) is 0 Å². The summed E-state index contributed by atoms with van der Waals surface area (Å²) in [7, 11) is 0. The molecule has 0 bridgehead atoms. The third-order valence-electron chi connectivity index (χ3n) is 19.2. The van der Waals surface area contributed by atoms with Gasteiger partial charge in [0.2, 0.25) is 0 Å². The standard InChI is InChI=1S/C78H41BN2O3/c1-2-14-50-48(12-1)49-13-3-4-18-57(49)74-60(50)41-62-59-35-43(45-25-30-55-52-16-6-9-22-69(52)83-72(55)39-45)28-33-65(59)81-67-20-11-19-66-75(67)79(76(74)78(62)81)63-37-47(46-26-31-56-53-17-7-10-23-70(53)84-73(56)40-46)36-61-58-34-42(27-32-64(58)80(66)77(61)63)44-24-29-54-51-15-5-8-21-68(51)82-71(54)38-44/h1-41H. The summed E-state index contributed by atoms with van der Waals surface area (Å²) in [6.07, 6.45) is 0. The molecular formula is C78H41BN2O3. The van der Waals surface area contributed by atoms with Gasteiger partial charge in [-0.05, 0) is 185 Å². The van der Waals surface area contributed by atoms with Crippen molar-refractivity contribution >= 4 is 165 Å². The number of fused-ring (bicyclic) bond motifs is 26. The minimum Gasteiger partial charge on any atom is -0.456 e. The van der Waals surface area contributed by atoms with Crippen molar-refractivity contribution in [2.75, 3.05) is 0 Å². The van der Waals surface area contributed by atoms with Crippen molar-refractivity contribution in [2.45, 2.75) is 0 Å². The van der Waals surface area contributed by atoms with Gasteiger partial charge >= 0.3 is 0 Å². The molecule has 0 unspecified atom stereocenters. The van der Waals surface area contributed by atoms with E-state index in [1.165, 1.54) is 104 Å². The second-order valence-electron chi connectivity index (χ2n) is 23.4. The molecule has 0 fully saturated rings. The van der Waals surface area contributed by atoms with Crippen molar-refractivity contribution in [1.82, 2.24) is 9.13 Å². The zero-order chi connectivity index (χ0) is 54.2. The summed E-state index contributed by atoms with van der Waals surface area (Å²) in [5.74, 6) is 0. The van der Waals surface area contributed by atoms with Crippen LogP contribution in [0.3, 0.4) is 0 Å². The van der Waals surface area contributed by atoms with Crippen molar-refractivity contribution in [3.63, 3.8) is 0 Å². The molecule has 6 heteroatoms. The normalized spacial score (nSPS) is 13.0. The molecule has 0 N–H and O–H groups in total. The van der Waals surface area contributed by atoms with E-state index in [1.54, 1.807) is 0 Å². The molecule has 21 rings (SSSR count). The van der Waals surface area contributed by atoms with Crippen LogP contribution >= 0.6 is 0 Å². The van der Waals surface area contributed by atoms with Gasteiger partial charge in [-0.2, -0.15) is 0 Å². The molecule has 2 aliphatic heterocycles. The Morgan fingerprint density at radius 2 is 0.631 bits per heavy atom. The third-order valence-corrected chi connectivity index (χ3v) is 19.2. The summed E-state index contributed by atoms with van der Waals surface area (Å²) in [5, 5.41) is 19.3. The topological polar surface area (TPSA) is 49.3 Å². The van der Waals surface area contributed by atoms with Gasteiger partial charge in [0.05, 0.1) is 16.6 Å². The number of rotatable bonds is 3. The Morgan fingerprint density at radius 1 is 0.238 bits per heavy atom. The Kier molecular flexibility index (Phi) is 8.05. The highest BCUT2D eigenvalue weighted by atomic mass is 16.3. The number of para-hydroxylation sites is 3. The lowest BCUT2D eigenvalue weighted by atomic mass is 9.33. The highest BCUT2D eigenvalue weighted by Gasteiger charge is 2.43.